The van der Waals surface area contributed by atoms with Crippen molar-refractivity contribution in [3.63, 3.8) is 0 Å². The fraction of sp³-hybridized carbons (Fsp3) is 0.286. The summed E-state index contributed by atoms with van der Waals surface area (Å²) in [5.74, 6) is -0.180. The number of benzene rings is 2. The number of pyridine rings is 1. The first-order valence-corrected chi connectivity index (χ1v) is 11.1. The number of hydrogen-bond donors (Lipinski definition) is 1. The zero-order valence-electron chi connectivity index (χ0n) is 19.0. The molecular weight excluding hydrogens is 399 g/mol. The number of halogens is 1. The second-order valence-corrected chi connectivity index (χ2v) is 8.36. The Kier molecular flexibility index (Phi) is 6.61. The number of allylic oxidation sites excluding steroid dienone is 3. The maximum Gasteiger partial charge on any atom is 0.127 e. The standard InChI is InChI=1S/C28H29FN2O/c1-4-21(15-30)25-16-31-27-9-5-8-24(28(27)19(25)3)22-13-18(2)23(26(29)14-22)11-10-20-7-6-12-32-17-20/h4-5,8-10,13-16,30H,6-7,11-12,17H2,1-3H3/b20-10-,21-4+,30-15?. The first-order valence-electron chi connectivity index (χ1n) is 11.1. The molecule has 4 heteroatoms. The zero-order valence-corrected chi connectivity index (χ0v) is 19.0. The van der Waals surface area contributed by atoms with Crippen molar-refractivity contribution in [2.24, 2.45) is 0 Å². The molecule has 4 rings (SSSR count). The van der Waals surface area contributed by atoms with Crippen LogP contribution in [-0.2, 0) is 11.2 Å². The predicted octanol–water partition coefficient (Wildman–Crippen LogP) is 6.99. The Bertz CT molecular complexity index is 1210. The molecule has 3 nitrogen and oxygen atoms in total. The summed E-state index contributed by atoms with van der Waals surface area (Å²) in [6.07, 6.45) is 9.86. The molecule has 2 heterocycles. The molecule has 1 aliphatic heterocycles. The molecule has 1 fully saturated rings. The quantitative estimate of drug-likeness (QED) is 0.352. The van der Waals surface area contributed by atoms with Gasteiger partial charge in [0, 0.05) is 30.0 Å². The van der Waals surface area contributed by atoms with Crippen molar-refractivity contribution in [2.75, 3.05) is 13.2 Å². The topological polar surface area (TPSA) is 46.0 Å². The molecule has 0 spiro atoms. The molecule has 2 aromatic carbocycles. The Hall–Kier alpha value is -3.11. The van der Waals surface area contributed by atoms with Crippen LogP contribution in [0.25, 0.3) is 27.6 Å². The van der Waals surface area contributed by atoms with Gasteiger partial charge in [0.25, 0.3) is 0 Å². The summed E-state index contributed by atoms with van der Waals surface area (Å²) in [6, 6.07) is 9.68. The number of fused-ring (bicyclic) bond motifs is 1. The molecule has 1 aliphatic rings. The minimum absolute atomic E-state index is 0.180. The molecule has 0 unspecified atom stereocenters. The summed E-state index contributed by atoms with van der Waals surface area (Å²) in [5, 5.41) is 8.73. The van der Waals surface area contributed by atoms with E-state index in [1.807, 2.05) is 51.2 Å². The van der Waals surface area contributed by atoms with Crippen LogP contribution in [0.1, 0.15) is 42.0 Å². The Morgan fingerprint density at radius 1 is 1.25 bits per heavy atom. The smallest absolute Gasteiger partial charge is 0.127 e. The third-order valence-corrected chi connectivity index (χ3v) is 6.33. The second-order valence-electron chi connectivity index (χ2n) is 8.36. The van der Waals surface area contributed by atoms with E-state index in [1.165, 1.54) is 11.8 Å². The number of hydrogen-bond acceptors (Lipinski definition) is 3. The highest BCUT2D eigenvalue weighted by atomic mass is 19.1. The van der Waals surface area contributed by atoms with E-state index in [0.717, 1.165) is 69.3 Å². The van der Waals surface area contributed by atoms with Gasteiger partial charge in [0.2, 0.25) is 0 Å². The van der Waals surface area contributed by atoms with Crippen molar-refractivity contribution < 1.29 is 9.13 Å². The third kappa shape index (κ3) is 4.28. The average molecular weight is 429 g/mol. The minimum atomic E-state index is -0.180. The van der Waals surface area contributed by atoms with Gasteiger partial charge in [0.15, 0.2) is 0 Å². The molecule has 3 aromatic rings. The SMILES string of the molecule is C/C=C(\C=N)c1cnc2cccc(-c3cc(C)c(C/C=C4/CCCOC4)c(F)c3)c2c1C. The van der Waals surface area contributed by atoms with Crippen LogP contribution in [-0.4, -0.2) is 24.4 Å². The van der Waals surface area contributed by atoms with E-state index in [1.54, 1.807) is 6.07 Å². The lowest BCUT2D eigenvalue weighted by atomic mass is 9.91. The summed E-state index contributed by atoms with van der Waals surface area (Å²) in [7, 11) is 0. The number of nitrogens with zero attached hydrogens (tertiary/aromatic N) is 1. The van der Waals surface area contributed by atoms with Crippen molar-refractivity contribution >= 4 is 22.7 Å². The Balaban J connectivity index is 1.79. The van der Waals surface area contributed by atoms with Crippen molar-refractivity contribution in [2.45, 2.75) is 40.0 Å². The maximum absolute atomic E-state index is 15.3. The van der Waals surface area contributed by atoms with Gasteiger partial charge in [-0.05, 0) is 91.1 Å². The van der Waals surface area contributed by atoms with Gasteiger partial charge in [-0.3, -0.25) is 4.98 Å². The molecule has 0 aliphatic carbocycles. The Morgan fingerprint density at radius 2 is 2.09 bits per heavy atom. The fourth-order valence-electron chi connectivity index (χ4n) is 4.53. The molecule has 1 aromatic heterocycles. The van der Waals surface area contributed by atoms with Crippen molar-refractivity contribution in [3.05, 3.63) is 82.3 Å². The van der Waals surface area contributed by atoms with Crippen LogP contribution in [0, 0.1) is 25.1 Å². The van der Waals surface area contributed by atoms with E-state index in [4.69, 9.17) is 10.1 Å². The van der Waals surface area contributed by atoms with Crippen LogP contribution in [0.15, 0.2) is 54.3 Å². The average Bonchev–Trinajstić information content (AvgIpc) is 2.81. The second kappa shape index (κ2) is 9.58. The lowest BCUT2D eigenvalue weighted by Crippen LogP contribution is -2.08. The predicted molar refractivity (Wildman–Crippen MR) is 131 cm³/mol. The van der Waals surface area contributed by atoms with E-state index >= 15 is 4.39 Å². The third-order valence-electron chi connectivity index (χ3n) is 6.33. The zero-order chi connectivity index (χ0) is 22.7. The number of ether oxygens (including phenoxy) is 1. The Morgan fingerprint density at radius 3 is 2.78 bits per heavy atom. The maximum atomic E-state index is 15.3. The van der Waals surface area contributed by atoms with E-state index in [2.05, 4.69) is 17.1 Å². The summed E-state index contributed by atoms with van der Waals surface area (Å²) in [5.41, 5.74) is 8.42. The molecule has 164 valence electrons. The van der Waals surface area contributed by atoms with E-state index < -0.39 is 0 Å². The van der Waals surface area contributed by atoms with Crippen molar-refractivity contribution in [3.8, 4) is 11.1 Å². The normalized spacial score (nSPS) is 16.0. The summed E-state index contributed by atoms with van der Waals surface area (Å²) >= 11 is 0. The number of aromatic nitrogens is 1. The van der Waals surface area contributed by atoms with E-state index in [9.17, 15) is 0 Å². The highest BCUT2D eigenvalue weighted by molar-refractivity contribution is 6.11. The van der Waals surface area contributed by atoms with E-state index in [-0.39, 0.29) is 5.82 Å². The minimum Gasteiger partial charge on any atom is -0.377 e. The Labute approximate surface area is 189 Å². The van der Waals surface area contributed by atoms with Crippen LogP contribution in [0.3, 0.4) is 0 Å². The van der Waals surface area contributed by atoms with Crippen LogP contribution < -0.4 is 0 Å². The van der Waals surface area contributed by atoms with Crippen LogP contribution in [0.2, 0.25) is 0 Å². The molecular formula is C28H29FN2O. The number of aryl methyl sites for hydroxylation is 2. The number of rotatable bonds is 5. The van der Waals surface area contributed by atoms with Crippen LogP contribution >= 0.6 is 0 Å². The van der Waals surface area contributed by atoms with Crippen LogP contribution in [0.4, 0.5) is 4.39 Å². The van der Waals surface area contributed by atoms with Gasteiger partial charge in [-0.25, -0.2) is 4.39 Å². The molecule has 0 bridgehead atoms. The van der Waals surface area contributed by atoms with E-state index in [0.29, 0.717) is 13.0 Å². The van der Waals surface area contributed by atoms with Crippen LogP contribution in [0.5, 0.6) is 0 Å². The summed E-state index contributed by atoms with van der Waals surface area (Å²) in [6.45, 7) is 7.42. The van der Waals surface area contributed by atoms with Gasteiger partial charge >= 0.3 is 0 Å². The molecule has 0 atom stereocenters. The summed E-state index contributed by atoms with van der Waals surface area (Å²) in [4.78, 5) is 4.63. The van der Waals surface area contributed by atoms with Gasteiger partial charge in [0.1, 0.15) is 5.82 Å². The fourth-order valence-corrected chi connectivity index (χ4v) is 4.53. The highest BCUT2D eigenvalue weighted by Gasteiger charge is 2.15. The largest absolute Gasteiger partial charge is 0.377 e. The van der Waals surface area contributed by atoms with Gasteiger partial charge < -0.3 is 10.1 Å². The highest BCUT2D eigenvalue weighted by Crippen LogP contribution is 2.35. The van der Waals surface area contributed by atoms with Gasteiger partial charge in [-0.1, -0.05) is 30.4 Å². The molecule has 0 saturated carbocycles. The lowest BCUT2D eigenvalue weighted by molar-refractivity contribution is 0.129. The van der Waals surface area contributed by atoms with Gasteiger partial charge in [-0.2, -0.15) is 0 Å². The van der Waals surface area contributed by atoms with Crippen molar-refractivity contribution in [1.29, 1.82) is 5.41 Å². The van der Waals surface area contributed by atoms with Gasteiger partial charge in [0.05, 0.1) is 12.1 Å². The molecule has 1 saturated heterocycles. The first-order chi connectivity index (χ1) is 15.5. The lowest BCUT2D eigenvalue weighted by Gasteiger charge is -2.16. The monoisotopic (exact) mass is 428 g/mol. The van der Waals surface area contributed by atoms with Crippen molar-refractivity contribution in [1.82, 2.24) is 4.98 Å². The first kappa shape index (κ1) is 22.1. The van der Waals surface area contributed by atoms with Gasteiger partial charge in [-0.15, -0.1) is 0 Å². The molecule has 1 N–H and O–H groups in total. The molecule has 0 amide bonds. The summed E-state index contributed by atoms with van der Waals surface area (Å²) < 4.78 is 20.8. The molecule has 32 heavy (non-hydrogen) atoms. The number of nitrogens with one attached hydrogen (secondary N) is 1. The molecule has 0 radical (unpaired) electrons.